The summed E-state index contributed by atoms with van der Waals surface area (Å²) in [5.74, 6) is 1.17. The van der Waals surface area contributed by atoms with Gasteiger partial charge in [-0.2, -0.15) is 10.1 Å². The molecule has 4 rings (SSSR count). The Kier molecular flexibility index (Phi) is 4.46. The SMILES string of the molecule is Cc1ccc(COc2ccc(C3CC(=O)Nc4ncnn43)cc2Br)cc1. The lowest BCUT2D eigenvalue weighted by molar-refractivity contribution is -0.117. The standard InChI is InChI=1S/C19H17BrN4O2/c1-12-2-4-13(5-3-12)10-26-17-7-6-14(8-15(17)20)16-9-18(25)23-19-21-11-22-24(16)19/h2-8,11,16H,9-10H2,1H3,(H,21,22,23,25). The summed E-state index contributed by atoms with van der Waals surface area (Å²) in [5, 5.41) is 6.95. The Morgan fingerprint density at radius 3 is 2.85 bits per heavy atom. The number of rotatable bonds is 4. The summed E-state index contributed by atoms with van der Waals surface area (Å²) < 4.78 is 8.49. The van der Waals surface area contributed by atoms with E-state index < -0.39 is 0 Å². The van der Waals surface area contributed by atoms with Crippen LogP contribution in [0.3, 0.4) is 0 Å². The monoisotopic (exact) mass is 412 g/mol. The molecule has 0 saturated heterocycles. The highest BCUT2D eigenvalue weighted by Crippen LogP contribution is 2.33. The smallest absolute Gasteiger partial charge is 0.229 e. The minimum Gasteiger partial charge on any atom is -0.488 e. The minimum atomic E-state index is -0.177. The number of nitrogens with zero attached hydrogens (tertiary/aromatic N) is 3. The van der Waals surface area contributed by atoms with Crippen molar-refractivity contribution in [3.63, 3.8) is 0 Å². The Bertz CT molecular complexity index is 952. The average molecular weight is 413 g/mol. The molecule has 0 fully saturated rings. The van der Waals surface area contributed by atoms with Crippen LogP contribution in [0.1, 0.15) is 29.2 Å². The number of carbonyl (C=O) groups excluding carboxylic acids is 1. The summed E-state index contributed by atoms with van der Waals surface area (Å²) in [4.78, 5) is 16.0. The van der Waals surface area contributed by atoms with Gasteiger partial charge >= 0.3 is 0 Å². The molecule has 0 saturated carbocycles. The van der Waals surface area contributed by atoms with E-state index in [1.165, 1.54) is 11.9 Å². The van der Waals surface area contributed by atoms with Gasteiger partial charge in [0.2, 0.25) is 11.9 Å². The van der Waals surface area contributed by atoms with E-state index in [0.717, 1.165) is 21.3 Å². The van der Waals surface area contributed by atoms with Crippen molar-refractivity contribution in [3.8, 4) is 5.75 Å². The van der Waals surface area contributed by atoms with Gasteiger partial charge in [0.05, 0.1) is 16.9 Å². The van der Waals surface area contributed by atoms with Crippen molar-refractivity contribution in [1.82, 2.24) is 14.8 Å². The Morgan fingerprint density at radius 2 is 2.08 bits per heavy atom. The molecular formula is C19H17BrN4O2. The fourth-order valence-corrected chi connectivity index (χ4v) is 3.46. The molecule has 1 aromatic heterocycles. The molecule has 1 amide bonds. The number of hydrogen-bond donors (Lipinski definition) is 1. The van der Waals surface area contributed by atoms with Crippen molar-refractivity contribution >= 4 is 27.8 Å². The second-order valence-corrected chi connectivity index (χ2v) is 7.11. The highest BCUT2D eigenvalue weighted by Gasteiger charge is 2.28. The molecule has 1 atom stereocenters. The molecule has 1 aliphatic heterocycles. The minimum absolute atomic E-state index is 0.0636. The molecule has 0 bridgehead atoms. The summed E-state index contributed by atoms with van der Waals surface area (Å²) in [6.07, 6.45) is 1.77. The molecule has 3 aromatic rings. The van der Waals surface area contributed by atoms with E-state index in [0.29, 0.717) is 19.0 Å². The fraction of sp³-hybridized carbons (Fsp3) is 0.211. The van der Waals surface area contributed by atoms with Crippen molar-refractivity contribution in [2.75, 3.05) is 5.32 Å². The topological polar surface area (TPSA) is 69.0 Å². The Balaban J connectivity index is 1.53. The van der Waals surface area contributed by atoms with Gasteiger partial charge in [-0.3, -0.25) is 10.1 Å². The Hall–Kier alpha value is -2.67. The van der Waals surface area contributed by atoms with Gasteiger partial charge in [-0.1, -0.05) is 35.9 Å². The highest BCUT2D eigenvalue weighted by atomic mass is 79.9. The zero-order valence-electron chi connectivity index (χ0n) is 14.1. The molecular weight excluding hydrogens is 396 g/mol. The van der Waals surface area contributed by atoms with Gasteiger partial charge < -0.3 is 4.74 Å². The van der Waals surface area contributed by atoms with E-state index in [1.807, 2.05) is 18.2 Å². The molecule has 132 valence electrons. The van der Waals surface area contributed by atoms with E-state index in [9.17, 15) is 4.79 Å². The van der Waals surface area contributed by atoms with Gasteiger partial charge in [0.1, 0.15) is 18.7 Å². The second-order valence-electron chi connectivity index (χ2n) is 6.26. The fourth-order valence-electron chi connectivity index (χ4n) is 2.95. The lowest BCUT2D eigenvalue weighted by atomic mass is 10.0. The van der Waals surface area contributed by atoms with Crippen molar-refractivity contribution in [2.24, 2.45) is 0 Å². The molecule has 2 heterocycles. The number of amides is 1. The molecule has 26 heavy (non-hydrogen) atoms. The molecule has 0 spiro atoms. The molecule has 0 aliphatic carbocycles. The first-order valence-corrected chi connectivity index (χ1v) is 9.06. The first-order valence-electron chi connectivity index (χ1n) is 8.27. The summed E-state index contributed by atoms with van der Waals surface area (Å²) in [6, 6.07) is 13.9. The van der Waals surface area contributed by atoms with Crippen molar-refractivity contribution in [3.05, 3.63) is 70.0 Å². The largest absolute Gasteiger partial charge is 0.488 e. The van der Waals surface area contributed by atoms with E-state index in [4.69, 9.17) is 4.74 Å². The van der Waals surface area contributed by atoms with E-state index in [2.05, 4.69) is 62.5 Å². The van der Waals surface area contributed by atoms with Crippen LogP contribution in [-0.2, 0) is 11.4 Å². The van der Waals surface area contributed by atoms with Crippen LogP contribution in [0, 0.1) is 6.92 Å². The number of nitrogens with one attached hydrogen (secondary N) is 1. The summed E-state index contributed by atoms with van der Waals surface area (Å²) >= 11 is 3.57. The number of hydrogen-bond acceptors (Lipinski definition) is 4. The highest BCUT2D eigenvalue weighted by molar-refractivity contribution is 9.10. The van der Waals surface area contributed by atoms with Gasteiger partial charge in [-0.05, 0) is 46.1 Å². The molecule has 1 N–H and O–H groups in total. The first kappa shape index (κ1) is 16.8. The number of fused-ring (bicyclic) bond motifs is 1. The molecule has 6 nitrogen and oxygen atoms in total. The zero-order chi connectivity index (χ0) is 18.1. The van der Waals surface area contributed by atoms with E-state index in [-0.39, 0.29) is 11.9 Å². The third-order valence-electron chi connectivity index (χ3n) is 4.35. The van der Waals surface area contributed by atoms with Crippen LogP contribution in [-0.4, -0.2) is 20.7 Å². The van der Waals surface area contributed by atoms with Gasteiger partial charge in [-0.15, -0.1) is 0 Å². The van der Waals surface area contributed by atoms with E-state index in [1.54, 1.807) is 4.68 Å². The molecule has 1 aliphatic rings. The number of aromatic nitrogens is 3. The number of benzene rings is 2. The number of anilines is 1. The van der Waals surface area contributed by atoms with Gasteiger partial charge in [-0.25, -0.2) is 4.68 Å². The average Bonchev–Trinajstić information content (AvgIpc) is 3.09. The van der Waals surface area contributed by atoms with Crippen LogP contribution >= 0.6 is 15.9 Å². The predicted octanol–water partition coefficient (Wildman–Crippen LogP) is 3.86. The van der Waals surface area contributed by atoms with Crippen molar-refractivity contribution in [1.29, 1.82) is 0 Å². The summed E-state index contributed by atoms with van der Waals surface area (Å²) in [7, 11) is 0. The van der Waals surface area contributed by atoms with Crippen LogP contribution in [0.2, 0.25) is 0 Å². The van der Waals surface area contributed by atoms with Crippen LogP contribution in [0.25, 0.3) is 0 Å². The lowest BCUT2D eigenvalue weighted by Crippen LogP contribution is -2.29. The number of aryl methyl sites for hydroxylation is 1. The zero-order valence-corrected chi connectivity index (χ0v) is 15.7. The Morgan fingerprint density at radius 1 is 1.27 bits per heavy atom. The van der Waals surface area contributed by atoms with Crippen LogP contribution < -0.4 is 10.1 Å². The maximum absolute atomic E-state index is 11.9. The molecule has 0 radical (unpaired) electrons. The third-order valence-corrected chi connectivity index (χ3v) is 4.97. The molecule has 1 unspecified atom stereocenters. The predicted molar refractivity (Wildman–Crippen MR) is 101 cm³/mol. The number of ether oxygens (including phenoxy) is 1. The van der Waals surface area contributed by atoms with Crippen LogP contribution in [0.4, 0.5) is 5.95 Å². The Labute approximate surface area is 159 Å². The maximum atomic E-state index is 11.9. The number of carbonyl (C=O) groups is 1. The lowest BCUT2D eigenvalue weighted by Gasteiger charge is -2.24. The van der Waals surface area contributed by atoms with E-state index >= 15 is 0 Å². The van der Waals surface area contributed by atoms with Crippen molar-refractivity contribution in [2.45, 2.75) is 26.0 Å². The quantitative estimate of drug-likeness (QED) is 0.706. The van der Waals surface area contributed by atoms with Crippen molar-refractivity contribution < 1.29 is 9.53 Å². The van der Waals surface area contributed by atoms with Gasteiger partial charge in [0, 0.05) is 0 Å². The molecule has 7 heteroatoms. The first-order chi connectivity index (χ1) is 12.6. The third kappa shape index (κ3) is 3.35. The van der Waals surface area contributed by atoms with Crippen LogP contribution in [0.5, 0.6) is 5.75 Å². The summed E-state index contributed by atoms with van der Waals surface area (Å²) in [6.45, 7) is 2.56. The van der Waals surface area contributed by atoms with Gasteiger partial charge in [0.15, 0.2) is 0 Å². The molecule has 2 aromatic carbocycles. The second kappa shape index (κ2) is 6.92. The normalized spacial score (nSPS) is 16.1. The van der Waals surface area contributed by atoms with Crippen LogP contribution in [0.15, 0.2) is 53.3 Å². The summed E-state index contributed by atoms with van der Waals surface area (Å²) in [5.41, 5.74) is 3.31. The number of halogens is 1. The van der Waals surface area contributed by atoms with Gasteiger partial charge in [0.25, 0.3) is 0 Å². The maximum Gasteiger partial charge on any atom is 0.229 e.